The molecule has 0 unspecified atom stereocenters. The molecule has 84 valence electrons. The molecule has 1 rings (SSSR count). The van der Waals surface area contributed by atoms with Gasteiger partial charge in [-0.3, -0.25) is 0 Å². The normalized spacial score (nSPS) is 19.1. The molecule has 1 aliphatic heterocycles. The third-order valence-corrected chi connectivity index (χ3v) is 6.16. The molecule has 0 aromatic rings. The van der Waals surface area contributed by atoms with Crippen molar-refractivity contribution in [3.05, 3.63) is 0 Å². The van der Waals surface area contributed by atoms with Crippen molar-refractivity contribution in [1.82, 2.24) is 4.90 Å². The van der Waals surface area contributed by atoms with Gasteiger partial charge in [-0.15, -0.1) is 0 Å². The van der Waals surface area contributed by atoms with E-state index in [0.717, 1.165) is 6.04 Å². The molecular formula is C10H23NO2Si. The predicted octanol–water partition coefficient (Wildman–Crippen LogP) is 1.84. The molecule has 0 radical (unpaired) electrons. The highest BCUT2D eigenvalue weighted by Crippen LogP contribution is 2.15. The van der Waals surface area contributed by atoms with Gasteiger partial charge in [-0.05, 0) is 51.5 Å². The van der Waals surface area contributed by atoms with E-state index < -0.39 is 8.56 Å². The third kappa shape index (κ3) is 3.69. The summed E-state index contributed by atoms with van der Waals surface area (Å²) in [6, 6.07) is 1.11. The van der Waals surface area contributed by atoms with Gasteiger partial charge in [0.25, 0.3) is 0 Å². The summed E-state index contributed by atoms with van der Waals surface area (Å²) in [4.78, 5) is 2.54. The first-order valence-electron chi connectivity index (χ1n) is 5.53. The standard InChI is InChI=1S/C10H23NO2Si/c1-12-14(3,13-2)10-6-9-11-7-4-5-8-11/h4-10H2,1-3H3. The molecule has 0 spiro atoms. The van der Waals surface area contributed by atoms with Crippen LogP contribution in [0.2, 0.25) is 12.6 Å². The lowest BCUT2D eigenvalue weighted by atomic mass is 10.4. The van der Waals surface area contributed by atoms with Crippen LogP contribution in [0, 0.1) is 0 Å². The molecule has 1 saturated heterocycles. The Hall–Kier alpha value is 0.0969. The fraction of sp³-hybridized carbons (Fsp3) is 1.00. The Balaban J connectivity index is 2.12. The molecule has 0 aromatic carbocycles. The smallest absolute Gasteiger partial charge is 0.334 e. The highest BCUT2D eigenvalue weighted by atomic mass is 28.4. The lowest BCUT2D eigenvalue weighted by Gasteiger charge is -2.23. The highest BCUT2D eigenvalue weighted by Gasteiger charge is 2.28. The maximum atomic E-state index is 5.45. The van der Waals surface area contributed by atoms with Crippen LogP contribution < -0.4 is 0 Å². The van der Waals surface area contributed by atoms with Crippen LogP contribution >= 0.6 is 0 Å². The zero-order valence-corrected chi connectivity index (χ0v) is 10.7. The predicted molar refractivity (Wildman–Crippen MR) is 60.7 cm³/mol. The molecule has 0 aromatic heterocycles. The maximum absolute atomic E-state index is 5.45. The minimum Gasteiger partial charge on any atom is -0.398 e. The Morgan fingerprint density at radius 3 is 2.21 bits per heavy atom. The minimum absolute atomic E-state index is 1.11. The van der Waals surface area contributed by atoms with Gasteiger partial charge < -0.3 is 13.8 Å². The van der Waals surface area contributed by atoms with E-state index in [4.69, 9.17) is 8.85 Å². The molecule has 0 atom stereocenters. The fourth-order valence-electron chi connectivity index (χ4n) is 1.92. The fourth-order valence-corrected chi connectivity index (χ4v) is 3.29. The Kier molecular flexibility index (Phi) is 5.09. The number of hydrogen-bond acceptors (Lipinski definition) is 3. The molecule has 0 aliphatic carbocycles. The van der Waals surface area contributed by atoms with Crippen LogP contribution in [0.5, 0.6) is 0 Å². The summed E-state index contributed by atoms with van der Waals surface area (Å²) < 4.78 is 10.9. The van der Waals surface area contributed by atoms with Gasteiger partial charge in [-0.25, -0.2) is 0 Å². The molecule has 1 heterocycles. The first kappa shape index (κ1) is 12.2. The molecule has 1 fully saturated rings. The largest absolute Gasteiger partial charge is 0.398 e. The molecule has 3 nitrogen and oxygen atoms in total. The second-order valence-electron chi connectivity index (χ2n) is 4.19. The summed E-state index contributed by atoms with van der Waals surface area (Å²) in [5, 5.41) is 0. The van der Waals surface area contributed by atoms with E-state index in [1.807, 2.05) is 0 Å². The van der Waals surface area contributed by atoms with Crippen molar-refractivity contribution in [1.29, 1.82) is 0 Å². The van der Waals surface area contributed by atoms with Gasteiger partial charge in [-0.1, -0.05) is 0 Å². The van der Waals surface area contributed by atoms with Gasteiger partial charge in [0, 0.05) is 14.2 Å². The zero-order valence-electron chi connectivity index (χ0n) is 9.71. The molecule has 0 N–H and O–H groups in total. The first-order chi connectivity index (χ1) is 6.70. The molecule has 14 heavy (non-hydrogen) atoms. The summed E-state index contributed by atoms with van der Waals surface area (Å²) >= 11 is 0. The molecular weight excluding hydrogens is 194 g/mol. The van der Waals surface area contributed by atoms with Crippen molar-refractivity contribution in [2.75, 3.05) is 33.9 Å². The summed E-state index contributed by atoms with van der Waals surface area (Å²) in [5.74, 6) is 0. The van der Waals surface area contributed by atoms with Crippen LogP contribution in [-0.4, -0.2) is 47.3 Å². The second-order valence-corrected chi connectivity index (χ2v) is 7.78. The van der Waals surface area contributed by atoms with Crippen molar-refractivity contribution >= 4 is 8.56 Å². The number of likely N-dealkylation sites (tertiary alicyclic amines) is 1. The van der Waals surface area contributed by atoms with Crippen LogP contribution in [0.1, 0.15) is 19.3 Å². The first-order valence-corrected chi connectivity index (χ1v) is 8.05. The second kappa shape index (κ2) is 5.85. The van der Waals surface area contributed by atoms with Gasteiger partial charge in [0.15, 0.2) is 0 Å². The molecule has 1 aliphatic rings. The van der Waals surface area contributed by atoms with E-state index in [1.54, 1.807) is 14.2 Å². The molecule has 0 bridgehead atoms. The van der Waals surface area contributed by atoms with Crippen molar-refractivity contribution < 1.29 is 8.85 Å². The van der Waals surface area contributed by atoms with E-state index in [2.05, 4.69) is 11.4 Å². The van der Waals surface area contributed by atoms with Crippen LogP contribution in [0.25, 0.3) is 0 Å². The summed E-state index contributed by atoms with van der Waals surface area (Å²) in [5.41, 5.74) is 0. The van der Waals surface area contributed by atoms with Gasteiger partial charge in [0.05, 0.1) is 0 Å². The average Bonchev–Trinajstić information content (AvgIpc) is 2.70. The van der Waals surface area contributed by atoms with Crippen molar-refractivity contribution in [2.45, 2.75) is 31.9 Å². The Morgan fingerprint density at radius 2 is 1.71 bits per heavy atom. The topological polar surface area (TPSA) is 21.7 Å². The maximum Gasteiger partial charge on any atom is 0.334 e. The zero-order chi connectivity index (χ0) is 10.4. The lowest BCUT2D eigenvalue weighted by Crippen LogP contribution is -2.36. The highest BCUT2D eigenvalue weighted by molar-refractivity contribution is 6.65. The number of rotatable bonds is 6. The van der Waals surface area contributed by atoms with Gasteiger partial charge in [0.2, 0.25) is 0 Å². The van der Waals surface area contributed by atoms with E-state index in [-0.39, 0.29) is 0 Å². The van der Waals surface area contributed by atoms with Crippen molar-refractivity contribution in [2.24, 2.45) is 0 Å². The van der Waals surface area contributed by atoms with E-state index in [0.29, 0.717) is 0 Å². The quantitative estimate of drug-likeness (QED) is 0.634. The van der Waals surface area contributed by atoms with E-state index in [1.165, 1.54) is 38.9 Å². The molecule has 4 heteroatoms. The van der Waals surface area contributed by atoms with E-state index >= 15 is 0 Å². The summed E-state index contributed by atoms with van der Waals surface area (Å²) in [6.07, 6.45) is 3.97. The van der Waals surface area contributed by atoms with Crippen molar-refractivity contribution in [3.8, 4) is 0 Å². The van der Waals surface area contributed by atoms with Gasteiger partial charge >= 0.3 is 8.56 Å². The molecule has 0 amide bonds. The minimum atomic E-state index is -1.80. The molecule has 0 saturated carbocycles. The van der Waals surface area contributed by atoms with Crippen molar-refractivity contribution in [3.63, 3.8) is 0 Å². The van der Waals surface area contributed by atoms with Crippen LogP contribution in [-0.2, 0) is 8.85 Å². The Bertz CT molecular complexity index is 156. The summed E-state index contributed by atoms with van der Waals surface area (Å²) in [7, 11) is 1.74. The summed E-state index contributed by atoms with van der Waals surface area (Å²) in [6.45, 7) is 5.93. The van der Waals surface area contributed by atoms with Crippen LogP contribution in [0.3, 0.4) is 0 Å². The van der Waals surface area contributed by atoms with Crippen LogP contribution in [0.4, 0.5) is 0 Å². The van der Waals surface area contributed by atoms with Gasteiger partial charge in [-0.2, -0.15) is 0 Å². The SMILES string of the molecule is CO[Si](C)(CCCN1CCCC1)OC. The van der Waals surface area contributed by atoms with Gasteiger partial charge in [0.1, 0.15) is 0 Å². The lowest BCUT2D eigenvalue weighted by molar-refractivity contribution is 0.244. The monoisotopic (exact) mass is 217 g/mol. The average molecular weight is 217 g/mol. The number of nitrogens with zero attached hydrogens (tertiary/aromatic N) is 1. The van der Waals surface area contributed by atoms with E-state index in [9.17, 15) is 0 Å². The van der Waals surface area contributed by atoms with Crippen LogP contribution in [0.15, 0.2) is 0 Å². The Labute approximate surface area is 88.6 Å². The Morgan fingerprint density at radius 1 is 1.14 bits per heavy atom. The number of hydrogen-bond donors (Lipinski definition) is 0. The third-order valence-electron chi connectivity index (χ3n) is 3.17.